The molecule has 0 amide bonds. The zero-order valence-electron chi connectivity index (χ0n) is 21.0. The van der Waals surface area contributed by atoms with E-state index in [0.717, 1.165) is 13.1 Å². The van der Waals surface area contributed by atoms with E-state index in [1.165, 1.54) is 50.3 Å². The summed E-state index contributed by atoms with van der Waals surface area (Å²) in [6.07, 6.45) is 1.96. The number of allylic oxidation sites excluding steroid dienone is 2. The summed E-state index contributed by atoms with van der Waals surface area (Å²) >= 11 is -1.52. The summed E-state index contributed by atoms with van der Waals surface area (Å²) in [5.74, 6) is 0. The van der Waals surface area contributed by atoms with Crippen LogP contribution in [0.4, 0.5) is 11.4 Å². The third-order valence-corrected chi connectivity index (χ3v) is 6.97. The topological polar surface area (TPSA) is 6.48 Å². The molecule has 2 aromatic carbocycles. The minimum atomic E-state index is -1.52. The van der Waals surface area contributed by atoms with Crippen molar-refractivity contribution in [3.63, 3.8) is 0 Å². The molecular weight excluding hydrogens is 524 g/mol. The molecule has 0 aliphatic carbocycles. The molecule has 0 bridgehead atoms. The zero-order valence-corrected chi connectivity index (χ0v) is 24.2. The molecule has 1 aliphatic heterocycles. The average Bonchev–Trinajstić information content (AvgIpc) is 3.07. The van der Waals surface area contributed by atoms with E-state index < -0.39 is 13.5 Å². The summed E-state index contributed by atoms with van der Waals surface area (Å²) < 4.78 is 1.88. The third kappa shape index (κ3) is 8.01. The molecule has 0 saturated carbocycles. The average molecular weight is 563 g/mol. The smallest absolute Gasteiger partial charge is 0.0146 e. The van der Waals surface area contributed by atoms with E-state index in [1.807, 2.05) is 24.5 Å². The van der Waals surface area contributed by atoms with Crippen LogP contribution in [0.3, 0.4) is 0 Å². The molecule has 5 heteroatoms. The second-order valence-corrected chi connectivity index (χ2v) is 14.4. The van der Waals surface area contributed by atoms with Crippen LogP contribution in [0.25, 0.3) is 0 Å². The second-order valence-electron chi connectivity index (χ2n) is 8.56. The summed E-state index contributed by atoms with van der Waals surface area (Å²) in [6, 6.07) is 9.12. The normalized spacial score (nSPS) is 13.1. The largest absolute Gasteiger partial charge is 0.502 e. The van der Waals surface area contributed by atoms with Crippen LogP contribution >= 0.6 is 19.4 Å². The number of rotatable bonds is 3. The fraction of sp³-hybridized carbons (Fsp3) is 0.370. The Bertz CT molecular complexity index is 862. The molecule has 1 fully saturated rings. The molecule has 1 aliphatic rings. The molecule has 2 nitrogen and oxygen atoms in total. The first kappa shape index (κ1) is 28.9. The van der Waals surface area contributed by atoms with Gasteiger partial charge in [0.25, 0.3) is 0 Å². The van der Waals surface area contributed by atoms with E-state index in [2.05, 4.69) is 82.3 Å². The maximum absolute atomic E-state index is 5.53. The number of hydrogen-bond donors (Lipinski definition) is 0. The summed E-state index contributed by atoms with van der Waals surface area (Å²) in [5.41, 5.74) is 12.1. The summed E-state index contributed by atoms with van der Waals surface area (Å²) in [5, 5.41) is 0. The van der Waals surface area contributed by atoms with Gasteiger partial charge in [0, 0.05) is 24.5 Å². The Morgan fingerprint density at radius 1 is 0.781 bits per heavy atom. The first-order valence-corrected chi connectivity index (χ1v) is 16.0. The molecule has 0 atom stereocenters. The van der Waals surface area contributed by atoms with E-state index >= 15 is 0 Å². The first-order valence-electron chi connectivity index (χ1n) is 10.5. The number of hydrogen-bond acceptors (Lipinski definition) is 2. The molecule has 0 unspecified atom stereocenters. The van der Waals surface area contributed by atoms with E-state index in [0.29, 0.717) is 0 Å². The van der Waals surface area contributed by atoms with Crippen molar-refractivity contribution >= 4 is 35.4 Å². The van der Waals surface area contributed by atoms with Gasteiger partial charge >= 0.3 is 63.0 Å². The van der Waals surface area contributed by atoms with Gasteiger partial charge < -0.3 is 17.2 Å². The van der Waals surface area contributed by atoms with Crippen LogP contribution < -0.4 is 9.80 Å². The summed E-state index contributed by atoms with van der Waals surface area (Å²) in [7, 11) is 11.1. The Balaban J connectivity index is 0.000000491. The summed E-state index contributed by atoms with van der Waals surface area (Å²) in [4.78, 5) is 4.81. The van der Waals surface area contributed by atoms with E-state index in [-0.39, 0.29) is 7.43 Å². The standard InChI is InChI=1S/C21H27N2.C5H8.CH3.2ClH.Ru/c1-14-9-16(3)20(17(4)10-14)22-7-8-23(13-22)21-18(5)11-15(2)12-19(21)6;1-4-5(2)3;;;;/h9-13H,7-8H2,1-6H3;1,4H,2-3H3;1H3;2*1H;/q-1;;-1;;;+2/p-2. The van der Waals surface area contributed by atoms with Crippen LogP contribution in [0, 0.1) is 55.6 Å². The monoisotopic (exact) mass is 562 g/mol. The van der Waals surface area contributed by atoms with Gasteiger partial charge in [0.2, 0.25) is 0 Å². The Kier molecular flexibility index (Phi) is 11.7. The van der Waals surface area contributed by atoms with E-state index in [9.17, 15) is 0 Å². The van der Waals surface area contributed by atoms with Gasteiger partial charge in [0.05, 0.1) is 0 Å². The predicted molar refractivity (Wildman–Crippen MR) is 144 cm³/mol. The van der Waals surface area contributed by atoms with E-state index in [1.54, 1.807) is 0 Å². The summed E-state index contributed by atoms with van der Waals surface area (Å²) in [6.45, 7) is 21.6. The van der Waals surface area contributed by atoms with Gasteiger partial charge in [-0.15, -0.1) is 0 Å². The van der Waals surface area contributed by atoms with Crippen molar-refractivity contribution in [3.05, 3.63) is 83.4 Å². The number of nitrogens with zero attached hydrogens (tertiary/aromatic N) is 2. The fourth-order valence-electron chi connectivity index (χ4n) is 4.25. The van der Waals surface area contributed by atoms with Crippen molar-refractivity contribution in [2.24, 2.45) is 0 Å². The van der Waals surface area contributed by atoms with Gasteiger partial charge in [0.15, 0.2) is 0 Å². The van der Waals surface area contributed by atoms with Crippen LogP contribution in [0.15, 0.2) is 35.9 Å². The Morgan fingerprint density at radius 3 is 1.38 bits per heavy atom. The Labute approximate surface area is 209 Å². The maximum atomic E-state index is 5.53. The van der Waals surface area contributed by atoms with Crippen molar-refractivity contribution in [1.29, 1.82) is 0 Å². The second kappa shape index (κ2) is 12.9. The predicted octanol–water partition coefficient (Wildman–Crippen LogP) is 8.11. The first-order chi connectivity index (χ1) is 14.5. The number of benzene rings is 2. The van der Waals surface area contributed by atoms with Gasteiger partial charge in [-0.2, -0.15) is 6.67 Å². The molecule has 0 aromatic heterocycles. The minimum Gasteiger partial charge on any atom is -0.502 e. The van der Waals surface area contributed by atoms with Crippen molar-refractivity contribution < 1.29 is 13.5 Å². The van der Waals surface area contributed by atoms with Gasteiger partial charge in [0.1, 0.15) is 0 Å². The van der Waals surface area contributed by atoms with E-state index in [4.69, 9.17) is 19.4 Å². The minimum absolute atomic E-state index is 0. The molecular formula is C27H38Cl2N2Ru-2. The Morgan fingerprint density at radius 2 is 1.12 bits per heavy atom. The quantitative estimate of drug-likeness (QED) is 0.275. The third-order valence-electron chi connectivity index (χ3n) is 5.19. The molecule has 0 spiro atoms. The zero-order chi connectivity index (χ0) is 23.3. The molecule has 0 radical (unpaired) electrons. The molecule has 0 N–H and O–H groups in total. The van der Waals surface area contributed by atoms with Crippen LogP contribution in [0.2, 0.25) is 0 Å². The van der Waals surface area contributed by atoms with Crippen LogP contribution in [0.1, 0.15) is 47.2 Å². The number of aryl methyl sites for hydroxylation is 6. The molecule has 1 saturated heterocycles. The SMILES string of the molecule is CC(C)=C[CH]=[Ru]([Cl])[Cl].Cc1cc(C)c(N2[CH-]N(c3c(C)cc(C)cc3C)CC2)c(C)c1.[CH3-]. The van der Waals surface area contributed by atoms with Crippen LogP contribution in [0.5, 0.6) is 0 Å². The van der Waals surface area contributed by atoms with Crippen molar-refractivity contribution in [2.75, 3.05) is 22.9 Å². The van der Waals surface area contributed by atoms with Crippen LogP contribution in [-0.2, 0) is 13.5 Å². The van der Waals surface area contributed by atoms with Gasteiger partial charge in [-0.1, -0.05) is 35.4 Å². The maximum Gasteiger partial charge on any atom is 0.0146 e. The number of anilines is 2. The molecule has 32 heavy (non-hydrogen) atoms. The van der Waals surface area contributed by atoms with Gasteiger partial charge in [-0.25, -0.2) is 0 Å². The molecule has 180 valence electrons. The van der Waals surface area contributed by atoms with Gasteiger partial charge in [-0.05, 0) is 63.8 Å². The Hall–Kier alpha value is -1.15. The van der Waals surface area contributed by atoms with Crippen LogP contribution in [-0.4, -0.2) is 17.7 Å². The van der Waals surface area contributed by atoms with Crippen molar-refractivity contribution in [3.8, 4) is 0 Å². The van der Waals surface area contributed by atoms with Crippen molar-refractivity contribution in [1.82, 2.24) is 0 Å². The molecule has 1 heterocycles. The van der Waals surface area contributed by atoms with Gasteiger partial charge in [-0.3, -0.25) is 0 Å². The molecule has 2 aromatic rings. The van der Waals surface area contributed by atoms with Crippen molar-refractivity contribution in [2.45, 2.75) is 55.4 Å². The molecule has 3 rings (SSSR count). The number of halogens is 2. The fourth-order valence-corrected chi connectivity index (χ4v) is 5.58.